The van der Waals surface area contributed by atoms with Gasteiger partial charge in [0.2, 0.25) is 0 Å². The molecule has 2 saturated heterocycles. The molecule has 25 heavy (non-hydrogen) atoms. The van der Waals surface area contributed by atoms with Gasteiger partial charge >= 0.3 is 0 Å². The summed E-state index contributed by atoms with van der Waals surface area (Å²) in [6.45, 7) is 10.8. The summed E-state index contributed by atoms with van der Waals surface area (Å²) < 4.78 is 1.95. The minimum absolute atomic E-state index is 0. The summed E-state index contributed by atoms with van der Waals surface area (Å²) in [5.74, 6) is -0.0354. The molecular formula is C18H32ClN5O. The molecule has 7 heteroatoms. The SMILES string of the molecule is CC(C)(C)N1CCC(NC(=O)c2ccn(C3CCCNC3)n2)CC1.Cl. The van der Waals surface area contributed by atoms with Crippen molar-refractivity contribution in [2.75, 3.05) is 26.2 Å². The summed E-state index contributed by atoms with van der Waals surface area (Å²) in [7, 11) is 0. The van der Waals surface area contributed by atoms with Gasteiger partial charge in [-0.2, -0.15) is 5.10 Å². The maximum absolute atomic E-state index is 12.5. The molecule has 0 spiro atoms. The fourth-order valence-corrected chi connectivity index (χ4v) is 3.68. The van der Waals surface area contributed by atoms with Gasteiger partial charge in [-0.1, -0.05) is 0 Å². The Kier molecular flexibility index (Phi) is 6.88. The molecule has 0 bridgehead atoms. The Hall–Kier alpha value is -1.11. The molecule has 2 aliphatic heterocycles. The van der Waals surface area contributed by atoms with Crippen LogP contribution >= 0.6 is 12.4 Å². The van der Waals surface area contributed by atoms with Crippen molar-refractivity contribution in [2.45, 2.75) is 64.1 Å². The van der Waals surface area contributed by atoms with Crippen molar-refractivity contribution in [2.24, 2.45) is 0 Å². The number of nitrogens with one attached hydrogen (secondary N) is 2. The van der Waals surface area contributed by atoms with E-state index in [1.807, 2.05) is 16.9 Å². The number of carbonyl (C=O) groups is 1. The predicted molar refractivity (Wildman–Crippen MR) is 102 cm³/mol. The monoisotopic (exact) mass is 369 g/mol. The predicted octanol–water partition coefficient (Wildman–Crippen LogP) is 2.22. The lowest BCUT2D eigenvalue weighted by Gasteiger charge is -2.40. The fraction of sp³-hybridized carbons (Fsp3) is 0.778. The van der Waals surface area contributed by atoms with Crippen LogP contribution < -0.4 is 10.6 Å². The van der Waals surface area contributed by atoms with E-state index in [0.29, 0.717) is 11.7 Å². The van der Waals surface area contributed by atoms with E-state index in [2.05, 4.69) is 41.4 Å². The Bertz CT molecular complexity index is 554. The smallest absolute Gasteiger partial charge is 0.271 e. The van der Waals surface area contributed by atoms with Gasteiger partial charge in [-0.3, -0.25) is 14.4 Å². The van der Waals surface area contributed by atoms with Gasteiger partial charge in [-0.25, -0.2) is 0 Å². The first-order chi connectivity index (χ1) is 11.4. The summed E-state index contributed by atoms with van der Waals surface area (Å²) in [4.78, 5) is 15.0. The summed E-state index contributed by atoms with van der Waals surface area (Å²) in [6, 6.07) is 2.47. The van der Waals surface area contributed by atoms with E-state index in [9.17, 15) is 4.79 Å². The van der Waals surface area contributed by atoms with Gasteiger partial charge in [0, 0.05) is 37.4 Å². The van der Waals surface area contributed by atoms with Crippen molar-refractivity contribution in [3.8, 4) is 0 Å². The first kappa shape index (κ1) is 20.2. The van der Waals surface area contributed by atoms with E-state index in [1.165, 1.54) is 6.42 Å². The molecule has 3 rings (SSSR count). The second kappa shape index (κ2) is 8.52. The molecule has 1 atom stereocenters. The molecule has 0 saturated carbocycles. The Morgan fingerprint density at radius 2 is 2.00 bits per heavy atom. The molecule has 1 unspecified atom stereocenters. The van der Waals surface area contributed by atoms with Crippen LogP contribution in [0.2, 0.25) is 0 Å². The Labute approximate surface area is 157 Å². The van der Waals surface area contributed by atoms with E-state index in [1.54, 1.807) is 0 Å². The van der Waals surface area contributed by atoms with Gasteiger partial charge < -0.3 is 10.6 Å². The van der Waals surface area contributed by atoms with Crippen molar-refractivity contribution in [3.05, 3.63) is 18.0 Å². The zero-order valence-corrected chi connectivity index (χ0v) is 16.4. The minimum Gasteiger partial charge on any atom is -0.348 e. The number of hydrogen-bond acceptors (Lipinski definition) is 4. The third-order valence-electron chi connectivity index (χ3n) is 5.26. The molecule has 2 aliphatic rings. The summed E-state index contributed by atoms with van der Waals surface area (Å²) in [6.07, 6.45) is 6.25. The maximum atomic E-state index is 12.5. The largest absolute Gasteiger partial charge is 0.348 e. The van der Waals surface area contributed by atoms with Crippen molar-refractivity contribution < 1.29 is 4.79 Å². The lowest BCUT2D eigenvalue weighted by molar-refractivity contribution is 0.0808. The highest BCUT2D eigenvalue weighted by molar-refractivity contribution is 5.92. The number of likely N-dealkylation sites (tertiary alicyclic amines) is 1. The highest BCUT2D eigenvalue weighted by Gasteiger charge is 2.28. The molecule has 1 amide bonds. The summed E-state index contributed by atoms with van der Waals surface area (Å²) >= 11 is 0. The number of carbonyl (C=O) groups excluding carboxylic acids is 1. The number of halogens is 1. The average molecular weight is 370 g/mol. The lowest BCUT2D eigenvalue weighted by Crippen LogP contribution is -2.50. The fourth-order valence-electron chi connectivity index (χ4n) is 3.68. The van der Waals surface area contributed by atoms with Gasteiger partial charge in [0.1, 0.15) is 5.69 Å². The molecule has 2 fully saturated rings. The van der Waals surface area contributed by atoms with Crippen LogP contribution in [-0.4, -0.2) is 58.3 Å². The summed E-state index contributed by atoms with van der Waals surface area (Å²) in [5.41, 5.74) is 0.751. The highest BCUT2D eigenvalue weighted by Crippen LogP contribution is 2.20. The number of rotatable bonds is 3. The van der Waals surface area contributed by atoms with Crippen molar-refractivity contribution >= 4 is 18.3 Å². The standard InChI is InChI=1S/C18H31N5O.ClH/c1-18(2,3)22-10-6-14(7-11-22)20-17(24)16-8-12-23(21-16)15-5-4-9-19-13-15;/h8,12,14-15,19H,4-7,9-11,13H2,1-3H3,(H,20,24);1H. The van der Waals surface area contributed by atoms with Crippen molar-refractivity contribution in [1.29, 1.82) is 0 Å². The molecular weight excluding hydrogens is 338 g/mol. The molecule has 3 heterocycles. The molecule has 6 nitrogen and oxygen atoms in total. The topological polar surface area (TPSA) is 62.2 Å². The van der Waals surface area contributed by atoms with Crippen LogP contribution in [0, 0.1) is 0 Å². The Morgan fingerprint density at radius 3 is 2.60 bits per heavy atom. The number of hydrogen-bond donors (Lipinski definition) is 2. The van der Waals surface area contributed by atoms with E-state index in [0.717, 1.165) is 45.4 Å². The van der Waals surface area contributed by atoms with Gasteiger partial charge in [0.15, 0.2) is 0 Å². The quantitative estimate of drug-likeness (QED) is 0.857. The Morgan fingerprint density at radius 1 is 1.28 bits per heavy atom. The third kappa shape index (κ3) is 5.19. The van der Waals surface area contributed by atoms with Gasteiger partial charge in [0.05, 0.1) is 6.04 Å². The van der Waals surface area contributed by atoms with Crippen LogP contribution in [0.5, 0.6) is 0 Å². The molecule has 1 aromatic rings. The second-order valence-electron chi connectivity index (χ2n) is 8.09. The lowest BCUT2D eigenvalue weighted by atomic mass is 9.98. The number of aromatic nitrogens is 2. The Balaban J connectivity index is 0.00000225. The second-order valence-corrected chi connectivity index (χ2v) is 8.09. The van der Waals surface area contributed by atoms with Crippen molar-refractivity contribution in [1.82, 2.24) is 25.3 Å². The third-order valence-corrected chi connectivity index (χ3v) is 5.26. The van der Waals surface area contributed by atoms with Crippen molar-refractivity contribution in [3.63, 3.8) is 0 Å². The van der Waals surface area contributed by atoms with Gasteiger partial charge in [-0.15, -0.1) is 12.4 Å². The molecule has 0 aliphatic carbocycles. The van der Waals surface area contributed by atoms with Crippen LogP contribution in [0.15, 0.2) is 12.3 Å². The van der Waals surface area contributed by atoms with Crippen LogP contribution in [0.4, 0.5) is 0 Å². The normalized spacial score (nSPS) is 23.1. The molecule has 0 aromatic carbocycles. The summed E-state index contributed by atoms with van der Waals surface area (Å²) in [5, 5.41) is 11.1. The maximum Gasteiger partial charge on any atom is 0.271 e. The van der Waals surface area contributed by atoms with E-state index >= 15 is 0 Å². The van der Waals surface area contributed by atoms with E-state index in [4.69, 9.17) is 0 Å². The first-order valence-electron chi connectivity index (χ1n) is 9.25. The zero-order chi connectivity index (χ0) is 17.2. The number of piperidine rings is 2. The van der Waals surface area contributed by atoms with Gasteiger partial charge in [-0.05, 0) is 59.1 Å². The zero-order valence-electron chi connectivity index (χ0n) is 15.6. The van der Waals surface area contributed by atoms with E-state index in [-0.39, 0.29) is 29.9 Å². The van der Waals surface area contributed by atoms with Crippen LogP contribution in [-0.2, 0) is 0 Å². The van der Waals surface area contributed by atoms with Crippen LogP contribution in [0.1, 0.15) is 63.0 Å². The van der Waals surface area contributed by atoms with E-state index < -0.39 is 0 Å². The molecule has 142 valence electrons. The van der Waals surface area contributed by atoms with Crippen LogP contribution in [0.25, 0.3) is 0 Å². The number of amides is 1. The molecule has 2 N–H and O–H groups in total. The van der Waals surface area contributed by atoms with Crippen LogP contribution in [0.3, 0.4) is 0 Å². The average Bonchev–Trinajstić information content (AvgIpc) is 3.05. The number of nitrogens with zero attached hydrogens (tertiary/aromatic N) is 3. The minimum atomic E-state index is -0.0354. The molecule has 1 aromatic heterocycles. The first-order valence-corrected chi connectivity index (χ1v) is 9.25. The van der Waals surface area contributed by atoms with Gasteiger partial charge in [0.25, 0.3) is 5.91 Å². The highest BCUT2D eigenvalue weighted by atomic mass is 35.5. The molecule has 0 radical (unpaired) electrons.